The lowest BCUT2D eigenvalue weighted by molar-refractivity contribution is 0.102. The van der Waals surface area contributed by atoms with Crippen molar-refractivity contribution in [1.29, 1.82) is 5.26 Å². The number of halogens is 2. The van der Waals surface area contributed by atoms with Crippen molar-refractivity contribution in [1.82, 2.24) is 0 Å². The molecule has 2 aromatic carbocycles. The maximum Gasteiger partial charge on any atom is 0.258 e. The van der Waals surface area contributed by atoms with Crippen LogP contribution in [0.4, 0.5) is 14.5 Å². The maximum absolute atomic E-state index is 13.6. The van der Waals surface area contributed by atoms with Crippen LogP contribution in [0.15, 0.2) is 36.4 Å². The standard InChI is InChI=1S/C15H10F2N2O/c1-9-5-12(14(17)7-13(9)16)15(20)19-11-4-2-3-10(6-11)8-18/h2-7H,1H3,(H,19,20). The molecule has 0 heterocycles. The summed E-state index contributed by atoms with van der Waals surface area (Å²) in [5.41, 5.74) is 0.683. The molecule has 0 bridgehead atoms. The van der Waals surface area contributed by atoms with Gasteiger partial charge in [-0.1, -0.05) is 6.07 Å². The van der Waals surface area contributed by atoms with E-state index in [0.717, 1.165) is 6.07 Å². The second-order valence-electron chi connectivity index (χ2n) is 4.23. The SMILES string of the molecule is Cc1cc(C(=O)Nc2cccc(C#N)c2)c(F)cc1F. The van der Waals surface area contributed by atoms with Gasteiger partial charge in [0.05, 0.1) is 17.2 Å². The average molecular weight is 272 g/mol. The second kappa shape index (κ2) is 5.49. The van der Waals surface area contributed by atoms with E-state index < -0.39 is 17.5 Å². The van der Waals surface area contributed by atoms with Crippen LogP contribution in [0.5, 0.6) is 0 Å². The number of aryl methyl sites for hydroxylation is 1. The fourth-order valence-corrected chi connectivity index (χ4v) is 1.70. The lowest BCUT2D eigenvalue weighted by atomic mass is 10.1. The summed E-state index contributed by atoms with van der Waals surface area (Å²) in [6.45, 7) is 1.45. The second-order valence-corrected chi connectivity index (χ2v) is 4.23. The minimum atomic E-state index is -0.929. The van der Waals surface area contributed by atoms with Crippen molar-refractivity contribution in [2.75, 3.05) is 5.32 Å². The molecule has 0 aliphatic heterocycles. The zero-order chi connectivity index (χ0) is 14.7. The monoisotopic (exact) mass is 272 g/mol. The van der Waals surface area contributed by atoms with E-state index in [0.29, 0.717) is 17.3 Å². The number of carbonyl (C=O) groups excluding carboxylic acids is 1. The molecule has 2 rings (SSSR count). The first-order valence-electron chi connectivity index (χ1n) is 5.78. The van der Waals surface area contributed by atoms with E-state index in [-0.39, 0.29) is 11.1 Å². The Labute approximate surface area is 114 Å². The van der Waals surface area contributed by atoms with Gasteiger partial charge in [-0.05, 0) is 36.8 Å². The Bertz CT molecular complexity index is 720. The minimum absolute atomic E-state index is 0.183. The van der Waals surface area contributed by atoms with E-state index in [2.05, 4.69) is 5.32 Å². The van der Waals surface area contributed by atoms with Crippen molar-refractivity contribution in [3.63, 3.8) is 0 Å². The molecule has 0 aromatic heterocycles. The summed E-state index contributed by atoms with van der Waals surface area (Å²) in [7, 11) is 0. The predicted molar refractivity (Wildman–Crippen MR) is 70.2 cm³/mol. The molecule has 1 N–H and O–H groups in total. The number of hydrogen-bond acceptors (Lipinski definition) is 2. The molecule has 0 aliphatic rings. The summed E-state index contributed by atoms with van der Waals surface area (Å²) < 4.78 is 26.7. The van der Waals surface area contributed by atoms with Gasteiger partial charge < -0.3 is 5.32 Å². The maximum atomic E-state index is 13.6. The van der Waals surface area contributed by atoms with E-state index in [1.807, 2.05) is 6.07 Å². The number of nitrogens with one attached hydrogen (secondary N) is 1. The summed E-state index contributed by atoms with van der Waals surface area (Å²) >= 11 is 0. The quantitative estimate of drug-likeness (QED) is 0.911. The number of anilines is 1. The number of rotatable bonds is 2. The molecule has 0 radical (unpaired) electrons. The van der Waals surface area contributed by atoms with Gasteiger partial charge in [0.2, 0.25) is 0 Å². The van der Waals surface area contributed by atoms with E-state index in [4.69, 9.17) is 5.26 Å². The third-order valence-electron chi connectivity index (χ3n) is 2.74. The van der Waals surface area contributed by atoms with E-state index in [9.17, 15) is 13.6 Å². The van der Waals surface area contributed by atoms with Crippen LogP contribution in [0, 0.1) is 29.9 Å². The van der Waals surface area contributed by atoms with E-state index in [1.54, 1.807) is 18.2 Å². The summed E-state index contributed by atoms with van der Waals surface area (Å²) in [4.78, 5) is 11.9. The van der Waals surface area contributed by atoms with Crippen molar-refractivity contribution in [3.05, 3.63) is 64.7 Å². The van der Waals surface area contributed by atoms with Crippen LogP contribution >= 0.6 is 0 Å². The summed E-state index contributed by atoms with van der Waals surface area (Å²) in [6.07, 6.45) is 0. The van der Waals surface area contributed by atoms with Crippen molar-refractivity contribution < 1.29 is 13.6 Å². The lowest BCUT2D eigenvalue weighted by Crippen LogP contribution is -2.14. The molecule has 0 unspecified atom stereocenters. The first-order chi connectivity index (χ1) is 9.51. The number of amides is 1. The van der Waals surface area contributed by atoms with Gasteiger partial charge in [-0.15, -0.1) is 0 Å². The molecule has 0 spiro atoms. The molecule has 3 nitrogen and oxygen atoms in total. The van der Waals surface area contributed by atoms with E-state index >= 15 is 0 Å². The van der Waals surface area contributed by atoms with Crippen molar-refractivity contribution >= 4 is 11.6 Å². The van der Waals surface area contributed by atoms with Crippen LogP contribution in [-0.2, 0) is 0 Å². The highest BCUT2D eigenvalue weighted by Crippen LogP contribution is 2.17. The first-order valence-corrected chi connectivity index (χ1v) is 5.78. The molecule has 5 heteroatoms. The van der Waals surface area contributed by atoms with E-state index in [1.165, 1.54) is 13.0 Å². The molecular weight excluding hydrogens is 262 g/mol. The van der Waals surface area contributed by atoms with Gasteiger partial charge in [0.1, 0.15) is 11.6 Å². The fraction of sp³-hybridized carbons (Fsp3) is 0.0667. The lowest BCUT2D eigenvalue weighted by Gasteiger charge is -2.07. The van der Waals surface area contributed by atoms with Gasteiger partial charge in [-0.2, -0.15) is 5.26 Å². The van der Waals surface area contributed by atoms with Crippen LogP contribution in [0.3, 0.4) is 0 Å². The van der Waals surface area contributed by atoms with Crippen LogP contribution in [-0.4, -0.2) is 5.91 Å². The Kier molecular flexibility index (Phi) is 3.76. The number of benzene rings is 2. The first kappa shape index (κ1) is 13.7. The smallest absolute Gasteiger partial charge is 0.258 e. The molecule has 0 fully saturated rings. The van der Waals surface area contributed by atoms with Gasteiger partial charge in [0.25, 0.3) is 5.91 Å². The van der Waals surface area contributed by atoms with Crippen molar-refractivity contribution in [2.45, 2.75) is 6.92 Å². The molecule has 100 valence electrons. The van der Waals surface area contributed by atoms with Crippen LogP contribution in [0.25, 0.3) is 0 Å². The van der Waals surface area contributed by atoms with Crippen molar-refractivity contribution in [2.24, 2.45) is 0 Å². The highest BCUT2D eigenvalue weighted by Gasteiger charge is 2.14. The van der Waals surface area contributed by atoms with Gasteiger partial charge in [-0.25, -0.2) is 8.78 Å². The molecule has 20 heavy (non-hydrogen) atoms. The normalized spacial score (nSPS) is 9.90. The molecule has 1 amide bonds. The molecular formula is C15H10F2N2O. The number of nitrogens with zero attached hydrogens (tertiary/aromatic N) is 1. The Balaban J connectivity index is 2.28. The predicted octanol–water partition coefficient (Wildman–Crippen LogP) is 3.40. The van der Waals surface area contributed by atoms with Gasteiger partial charge in [0.15, 0.2) is 0 Å². The van der Waals surface area contributed by atoms with Gasteiger partial charge >= 0.3 is 0 Å². The highest BCUT2D eigenvalue weighted by atomic mass is 19.1. The Morgan fingerprint density at radius 2 is 1.95 bits per heavy atom. The Hall–Kier alpha value is -2.74. The molecule has 0 saturated heterocycles. The number of carbonyl (C=O) groups is 1. The molecule has 0 aliphatic carbocycles. The van der Waals surface area contributed by atoms with Gasteiger partial charge in [0, 0.05) is 11.8 Å². The van der Waals surface area contributed by atoms with Crippen LogP contribution < -0.4 is 5.32 Å². The summed E-state index contributed by atoms with van der Waals surface area (Å²) in [5.74, 6) is -2.33. The van der Waals surface area contributed by atoms with Crippen molar-refractivity contribution in [3.8, 4) is 6.07 Å². The Morgan fingerprint density at radius 1 is 1.20 bits per heavy atom. The molecule has 0 atom stereocenters. The largest absolute Gasteiger partial charge is 0.322 e. The number of hydrogen-bond donors (Lipinski definition) is 1. The van der Waals surface area contributed by atoms with Crippen LogP contribution in [0.1, 0.15) is 21.5 Å². The average Bonchev–Trinajstić information content (AvgIpc) is 2.43. The molecule has 0 saturated carbocycles. The minimum Gasteiger partial charge on any atom is -0.322 e. The topological polar surface area (TPSA) is 52.9 Å². The Morgan fingerprint density at radius 3 is 2.65 bits per heavy atom. The zero-order valence-electron chi connectivity index (χ0n) is 10.6. The summed E-state index contributed by atoms with van der Waals surface area (Å²) in [5, 5.41) is 11.2. The summed E-state index contributed by atoms with van der Waals surface area (Å²) in [6, 6.07) is 9.98. The zero-order valence-corrected chi connectivity index (χ0v) is 10.6. The molecule has 2 aromatic rings. The van der Waals surface area contributed by atoms with Crippen LogP contribution in [0.2, 0.25) is 0 Å². The van der Waals surface area contributed by atoms with Gasteiger partial charge in [-0.3, -0.25) is 4.79 Å². The highest BCUT2D eigenvalue weighted by molar-refractivity contribution is 6.04. The third kappa shape index (κ3) is 2.81. The fourth-order valence-electron chi connectivity index (χ4n) is 1.70. The third-order valence-corrected chi connectivity index (χ3v) is 2.74. The number of nitriles is 1.